The molecule has 182 valence electrons. The molecule has 0 unspecified atom stereocenters. The molecule has 0 saturated carbocycles. The molecule has 0 amide bonds. The number of aromatic nitrogens is 1. The van der Waals surface area contributed by atoms with Crippen LogP contribution >= 0.6 is 15.9 Å². The molecule has 1 heterocycles. The maximum atomic E-state index is 3.79. The van der Waals surface area contributed by atoms with Gasteiger partial charge < -0.3 is 4.57 Å². The SMILES string of the molecule is Brc1ccc2c(c1)c1c3c(ccc1n2-c1ccccc1)C1(c2ccccc2-c2ccccc21)c1ccccc1-3. The van der Waals surface area contributed by atoms with Gasteiger partial charge in [-0.05, 0) is 80.9 Å². The van der Waals surface area contributed by atoms with Gasteiger partial charge in [-0.3, -0.25) is 0 Å². The molecule has 6 aromatic carbocycles. The van der Waals surface area contributed by atoms with Gasteiger partial charge in [0.2, 0.25) is 0 Å². The van der Waals surface area contributed by atoms with Gasteiger partial charge in [0.05, 0.1) is 16.4 Å². The van der Waals surface area contributed by atoms with E-state index in [1.807, 2.05) is 0 Å². The van der Waals surface area contributed by atoms with Gasteiger partial charge in [-0.1, -0.05) is 113 Å². The predicted octanol–water partition coefficient (Wildman–Crippen LogP) is 9.89. The fourth-order valence-corrected chi connectivity index (χ4v) is 7.88. The van der Waals surface area contributed by atoms with Crippen LogP contribution in [0.15, 0.2) is 138 Å². The van der Waals surface area contributed by atoms with E-state index < -0.39 is 0 Å². The molecule has 0 saturated heterocycles. The molecule has 2 aliphatic rings. The molecule has 7 aromatic rings. The Kier molecular flexibility index (Phi) is 4.19. The van der Waals surface area contributed by atoms with E-state index in [-0.39, 0.29) is 5.41 Å². The van der Waals surface area contributed by atoms with E-state index in [2.05, 4.69) is 154 Å². The minimum absolute atomic E-state index is 0.333. The highest BCUT2D eigenvalue weighted by atomic mass is 79.9. The second kappa shape index (κ2) is 7.59. The summed E-state index contributed by atoms with van der Waals surface area (Å²) >= 11 is 3.79. The Labute approximate surface area is 235 Å². The Hall–Kier alpha value is -4.40. The van der Waals surface area contributed by atoms with E-state index in [0.717, 1.165) is 4.47 Å². The summed E-state index contributed by atoms with van der Waals surface area (Å²) in [6.07, 6.45) is 0. The number of para-hydroxylation sites is 1. The zero-order chi connectivity index (χ0) is 25.7. The van der Waals surface area contributed by atoms with Crippen molar-refractivity contribution in [2.45, 2.75) is 5.41 Å². The van der Waals surface area contributed by atoms with Crippen LogP contribution in [0.3, 0.4) is 0 Å². The molecular weight excluding hydrogens is 538 g/mol. The molecule has 2 heteroatoms. The fourth-order valence-electron chi connectivity index (χ4n) is 7.52. The number of nitrogens with zero attached hydrogens (tertiary/aromatic N) is 1. The molecule has 0 N–H and O–H groups in total. The van der Waals surface area contributed by atoms with Gasteiger partial charge >= 0.3 is 0 Å². The van der Waals surface area contributed by atoms with Crippen LogP contribution in [-0.2, 0) is 5.41 Å². The van der Waals surface area contributed by atoms with Crippen LogP contribution in [0.1, 0.15) is 22.3 Å². The second-order valence-corrected chi connectivity index (χ2v) is 11.5. The van der Waals surface area contributed by atoms with Gasteiger partial charge in [-0.25, -0.2) is 0 Å². The van der Waals surface area contributed by atoms with Crippen molar-refractivity contribution in [3.8, 4) is 27.9 Å². The molecule has 2 aliphatic carbocycles. The monoisotopic (exact) mass is 559 g/mol. The molecule has 0 radical (unpaired) electrons. The fraction of sp³-hybridized carbons (Fsp3) is 0.0270. The summed E-state index contributed by atoms with van der Waals surface area (Å²) in [6, 6.07) is 49.3. The topological polar surface area (TPSA) is 4.93 Å². The first-order valence-corrected chi connectivity index (χ1v) is 14.2. The van der Waals surface area contributed by atoms with E-state index in [0.29, 0.717) is 0 Å². The molecule has 1 spiro atoms. The van der Waals surface area contributed by atoms with E-state index in [4.69, 9.17) is 0 Å². The van der Waals surface area contributed by atoms with Crippen LogP contribution in [0.2, 0.25) is 0 Å². The van der Waals surface area contributed by atoms with Crippen molar-refractivity contribution in [1.82, 2.24) is 4.57 Å². The van der Waals surface area contributed by atoms with Gasteiger partial charge in [-0.15, -0.1) is 0 Å². The standard InChI is InChI=1S/C37H22BrN/c38-23-18-20-33-28(22-23)36-34(39(33)24-10-2-1-3-11-24)21-19-32-35(36)27-14-6-9-17-31(27)37(32)29-15-7-4-12-25(29)26-13-5-8-16-30(26)37/h1-22H. The van der Waals surface area contributed by atoms with Gasteiger partial charge in [0, 0.05) is 20.9 Å². The Morgan fingerprint density at radius 2 is 1.05 bits per heavy atom. The maximum absolute atomic E-state index is 3.79. The lowest BCUT2D eigenvalue weighted by molar-refractivity contribution is 0.794. The van der Waals surface area contributed by atoms with Crippen LogP contribution in [0.4, 0.5) is 0 Å². The zero-order valence-corrected chi connectivity index (χ0v) is 22.6. The summed E-state index contributed by atoms with van der Waals surface area (Å²) in [5.41, 5.74) is 14.2. The molecule has 0 bridgehead atoms. The summed E-state index contributed by atoms with van der Waals surface area (Å²) in [4.78, 5) is 0. The molecule has 1 aromatic heterocycles. The van der Waals surface area contributed by atoms with E-state index in [1.165, 1.54) is 72.0 Å². The summed E-state index contributed by atoms with van der Waals surface area (Å²) < 4.78 is 3.51. The lowest BCUT2D eigenvalue weighted by Crippen LogP contribution is -2.25. The van der Waals surface area contributed by atoms with Crippen LogP contribution in [-0.4, -0.2) is 4.57 Å². The molecule has 1 nitrogen and oxygen atoms in total. The average molecular weight is 560 g/mol. The van der Waals surface area contributed by atoms with E-state index in [9.17, 15) is 0 Å². The van der Waals surface area contributed by atoms with Crippen molar-refractivity contribution < 1.29 is 0 Å². The van der Waals surface area contributed by atoms with Crippen LogP contribution in [0.5, 0.6) is 0 Å². The van der Waals surface area contributed by atoms with E-state index >= 15 is 0 Å². The summed E-state index contributed by atoms with van der Waals surface area (Å²) in [6.45, 7) is 0. The van der Waals surface area contributed by atoms with Gasteiger partial charge in [-0.2, -0.15) is 0 Å². The van der Waals surface area contributed by atoms with Crippen LogP contribution < -0.4 is 0 Å². The molecule has 9 rings (SSSR count). The third kappa shape index (κ3) is 2.55. The van der Waals surface area contributed by atoms with Crippen molar-refractivity contribution in [1.29, 1.82) is 0 Å². The molecular formula is C37H22BrN. The maximum Gasteiger partial charge on any atom is 0.0725 e. The number of benzene rings is 6. The Morgan fingerprint density at radius 3 is 1.74 bits per heavy atom. The normalized spacial score (nSPS) is 14.0. The molecule has 0 atom stereocenters. The largest absolute Gasteiger partial charge is 0.309 e. The number of rotatable bonds is 1. The highest BCUT2D eigenvalue weighted by Crippen LogP contribution is 2.64. The van der Waals surface area contributed by atoms with Crippen molar-refractivity contribution in [3.63, 3.8) is 0 Å². The lowest BCUT2D eigenvalue weighted by atomic mass is 9.70. The van der Waals surface area contributed by atoms with Crippen molar-refractivity contribution in [3.05, 3.63) is 160 Å². The average Bonchev–Trinajstić information content (AvgIpc) is 3.59. The Morgan fingerprint density at radius 1 is 0.487 bits per heavy atom. The second-order valence-electron chi connectivity index (χ2n) is 10.6. The van der Waals surface area contributed by atoms with Crippen molar-refractivity contribution in [2.24, 2.45) is 0 Å². The van der Waals surface area contributed by atoms with Crippen LogP contribution in [0, 0.1) is 0 Å². The first-order chi connectivity index (χ1) is 19.3. The number of hydrogen-bond acceptors (Lipinski definition) is 0. The third-order valence-electron chi connectivity index (χ3n) is 8.86. The highest BCUT2D eigenvalue weighted by Gasteiger charge is 2.52. The van der Waals surface area contributed by atoms with Gasteiger partial charge in [0.15, 0.2) is 0 Å². The number of fused-ring (bicyclic) bond motifs is 14. The summed E-state index contributed by atoms with van der Waals surface area (Å²) in [5.74, 6) is 0. The van der Waals surface area contributed by atoms with Crippen LogP contribution in [0.25, 0.3) is 49.7 Å². The first kappa shape index (κ1) is 21.5. The third-order valence-corrected chi connectivity index (χ3v) is 9.36. The first-order valence-electron chi connectivity index (χ1n) is 13.4. The van der Waals surface area contributed by atoms with Gasteiger partial charge in [0.1, 0.15) is 0 Å². The molecule has 0 fully saturated rings. The Balaban J connectivity index is 1.52. The quantitative estimate of drug-likeness (QED) is 0.188. The molecule has 0 aliphatic heterocycles. The predicted molar refractivity (Wildman–Crippen MR) is 165 cm³/mol. The summed E-state index contributed by atoms with van der Waals surface area (Å²) in [7, 11) is 0. The zero-order valence-electron chi connectivity index (χ0n) is 21.0. The highest BCUT2D eigenvalue weighted by molar-refractivity contribution is 9.10. The van der Waals surface area contributed by atoms with Crippen molar-refractivity contribution in [2.75, 3.05) is 0 Å². The summed E-state index contributed by atoms with van der Waals surface area (Å²) in [5, 5.41) is 2.59. The number of hydrogen-bond donors (Lipinski definition) is 0. The van der Waals surface area contributed by atoms with Gasteiger partial charge in [0.25, 0.3) is 0 Å². The van der Waals surface area contributed by atoms with E-state index in [1.54, 1.807) is 0 Å². The minimum atomic E-state index is -0.333. The lowest BCUT2D eigenvalue weighted by Gasteiger charge is -2.30. The number of halogens is 1. The van der Waals surface area contributed by atoms with Crippen molar-refractivity contribution >= 4 is 37.7 Å². The smallest absolute Gasteiger partial charge is 0.0725 e. The molecule has 39 heavy (non-hydrogen) atoms. The Bertz CT molecular complexity index is 2090. The minimum Gasteiger partial charge on any atom is -0.309 e.